The largest absolute Gasteiger partial charge is 0.497 e. The summed E-state index contributed by atoms with van der Waals surface area (Å²) in [6.07, 6.45) is 1.79. The van der Waals surface area contributed by atoms with Crippen molar-refractivity contribution in [2.24, 2.45) is 0 Å². The summed E-state index contributed by atoms with van der Waals surface area (Å²) in [6.45, 7) is 4.14. The Labute approximate surface area is 101 Å². The van der Waals surface area contributed by atoms with E-state index in [9.17, 15) is 4.79 Å². The zero-order valence-electron chi connectivity index (χ0n) is 9.85. The van der Waals surface area contributed by atoms with E-state index in [1.807, 2.05) is 24.3 Å². The molecule has 1 aromatic carbocycles. The predicted octanol–water partition coefficient (Wildman–Crippen LogP) is 2.19. The molecule has 17 heavy (non-hydrogen) atoms. The van der Waals surface area contributed by atoms with Gasteiger partial charge in [0, 0.05) is 12.5 Å². The Morgan fingerprint density at radius 2 is 1.88 bits per heavy atom. The van der Waals surface area contributed by atoms with Gasteiger partial charge in [0.2, 0.25) is 0 Å². The van der Waals surface area contributed by atoms with Crippen LogP contribution in [-0.2, 0) is 9.53 Å². The van der Waals surface area contributed by atoms with Gasteiger partial charge in [0.25, 0.3) is 0 Å². The minimum atomic E-state index is -0.408. The van der Waals surface area contributed by atoms with Crippen molar-refractivity contribution in [2.75, 3.05) is 20.3 Å². The van der Waals surface area contributed by atoms with Gasteiger partial charge < -0.3 is 14.2 Å². The molecule has 0 heterocycles. The third kappa shape index (κ3) is 5.06. The number of methoxy groups -OCH3 is 1. The number of carbonyl (C=O) groups excluding carboxylic acids is 1. The Morgan fingerprint density at radius 1 is 1.24 bits per heavy atom. The molecule has 0 aliphatic carbocycles. The number of hydrogen-bond donors (Lipinski definition) is 0. The average Bonchev–Trinajstić information content (AvgIpc) is 2.38. The van der Waals surface area contributed by atoms with Crippen molar-refractivity contribution in [3.63, 3.8) is 0 Å². The third-order valence-electron chi connectivity index (χ3n) is 2.03. The van der Waals surface area contributed by atoms with E-state index >= 15 is 0 Å². The lowest BCUT2D eigenvalue weighted by Crippen LogP contribution is -2.06. The maximum Gasteiger partial charge on any atom is 0.330 e. The molecule has 0 bridgehead atoms. The number of esters is 1. The van der Waals surface area contributed by atoms with E-state index in [2.05, 4.69) is 6.58 Å². The Kier molecular flexibility index (Phi) is 5.64. The molecule has 0 N–H and O–H groups in total. The molecule has 0 saturated carbocycles. The molecule has 0 aliphatic heterocycles. The molecule has 0 amide bonds. The molecule has 4 nitrogen and oxygen atoms in total. The molecule has 1 rings (SSSR count). The lowest BCUT2D eigenvalue weighted by molar-refractivity contribution is -0.137. The summed E-state index contributed by atoms with van der Waals surface area (Å²) in [5.41, 5.74) is 0. The molecule has 0 unspecified atom stereocenters. The molecule has 0 fully saturated rings. The number of rotatable bonds is 7. The second-order valence-electron chi connectivity index (χ2n) is 3.25. The standard InChI is InChI=1S/C13H16O4/c1-3-13(14)17-10-4-9-16-12-7-5-11(15-2)6-8-12/h3,5-8H,1,4,9-10H2,2H3. The van der Waals surface area contributed by atoms with Gasteiger partial charge in [-0.05, 0) is 24.3 Å². The van der Waals surface area contributed by atoms with Gasteiger partial charge in [-0.3, -0.25) is 0 Å². The monoisotopic (exact) mass is 236 g/mol. The number of carbonyl (C=O) groups is 1. The van der Waals surface area contributed by atoms with Crippen LogP contribution in [0.2, 0.25) is 0 Å². The summed E-state index contributed by atoms with van der Waals surface area (Å²) in [6, 6.07) is 7.31. The summed E-state index contributed by atoms with van der Waals surface area (Å²) in [5, 5.41) is 0. The van der Waals surface area contributed by atoms with Crippen LogP contribution in [0.25, 0.3) is 0 Å². The van der Waals surface area contributed by atoms with Crippen molar-refractivity contribution in [1.82, 2.24) is 0 Å². The molecule has 0 saturated heterocycles. The first-order valence-electron chi connectivity index (χ1n) is 5.32. The van der Waals surface area contributed by atoms with Crippen molar-refractivity contribution in [3.05, 3.63) is 36.9 Å². The zero-order valence-corrected chi connectivity index (χ0v) is 9.85. The van der Waals surface area contributed by atoms with Crippen LogP contribution in [0.15, 0.2) is 36.9 Å². The fourth-order valence-electron chi connectivity index (χ4n) is 1.15. The number of hydrogen-bond acceptors (Lipinski definition) is 4. The Bertz CT molecular complexity index is 356. The molecule has 0 aliphatic rings. The number of ether oxygens (including phenoxy) is 3. The highest BCUT2D eigenvalue weighted by Gasteiger charge is 1.97. The Morgan fingerprint density at radius 3 is 2.47 bits per heavy atom. The van der Waals surface area contributed by atoms with Crippen LogP contribution in [0.5, 0.6) is 11.5 Å². The molecular formula is C13H16O4. The Balaban J connectivity index is 2.17. The molecule has 1 aromatic rings. The van der Waals surface area contributed by atoms with Crippen LogP contribution in [-0.4, -0.2) is 26.3 Å². The summed E-state index contributed by atoms with van der Waals surface area (Å²) in [5.74, 6) is 1.15. The van der Waals surface area contributed by atoms with Gasteiger partial charge in [-0.1, -0.05) is 6.58 Å². The van der Waals surface area contributed by atoms with E-state index in [0.717, 1.165) is 17.6 Å². The molecule has 0 spiro atoms. The predicted molar refractivity (Wildman–Crippen MR) is 64.3 cm³/mol. The van der Waals surface area contributed by atoms with Crippen molar-refractivity contribution >= 4 is 5.97 Å². The SMILES string of the molecule is C=CC(=O)OCCCOc1ccc(OC)cc1. The van der Waals surface area contributed by atoms with E-state index in [1.165, 1.54) is 0 Å². The first kappa shape index (κ1) is 13.1. The maximum atomic E-state index is 10.7. The average molecular weight is 236 g/mol. The summed E-state index contributed by atoms with van der Waals surface area (Å²) < 4.78 is 15.3. The third-order valence-corrected chi connectivity index (χ3v) is 2.03. The van der Waals surface area contributed by atoms with E-state index in [4.69, 9.17) is 14.2 Å². The van der Waals surface area contributed by atoms with Crippen LogP contribution in [0, 0.1) is 0 Å². The highest BCUT2D eigenvalue weighted by molar-refractivity contribution is 5.81. The van der Waals surface area contributed by atoms with Crippen LogP contribution in [0.3, 0.4) is 0 Å². The zero-order chi connectivity index (χ0) is 12.5. The van der Waals surface area contributed by atoms with Gasteiger partial charge in [-0.25, -0.2) is 4.79 Å². The fraction of sp³-hybridized carbons (Fsp3) is 0.308. The molecule has 0 aromatic heterocycles. The van der Waals surface area contributed by atoms with Crippen molar-refractivity contribution in [1.29, 1.82) is 0 Å². The summed E-state index contributed by atoms with van der Waals surface area (Å²) >= 11 is 0. The first-order valence-corrected chi connectivity index (χ1v) is 5.32. The van der Waals surface area contributed by atoms with E-state index in [-0.39, 0.29) is 0 Å². The quantitative estimate of drug-likeness (QED) is 0.413. The smallest absolute Gasteiger partial charge is 0.330 e. The van der Waals surface area contributed by atoms with Crippen LogP contribution < -0.4 is 9.47 Å². The van der Waals surface area contributed by atoms with E-state index < -0.39 is 5.97 Å². The van der Waals surface area contributed by atoms with Crippen molar-refractivity contribution in [2.45, 2.75) is 6.42 Å². The van der Waals surface area contributed by atoms with Gasteiger partial charge in [0.05, 0.1) is 20.3 Å². The van der Waals surface area contributed by atoms with E-state index in [1.54, 1.807) is 7.11 Å². The van der Waals surface area contributed by atoms with Crippen LogP contribution in [0.1, 0.15) is 6.42 Å². The topological polar surface area (TPSA) is 44.8 Å². The molecule has 92 valence electrons. The second kappa shape index (κ2) is 7.33. The van der Waals surface area contributed by atoms with Gasteiger partial charge in [0.15, 0.2) is 0 Å². The highest BCUT2D eigenvalue weighted by Crippen LogP contribution is 2.16. The van der Waals surface area contributed by atoms with Gasteiger partial charge >= 0.3 is 5.97 Å². The van der Waals surface area contributed by atoms with Gasteiger partial charge in [-0.2, -0.15) is 0 Å². The molecule has 0 atom stereocenters. The normalized spacial score (nSPS) is 9.47. The lowest BCUT2D eigenvalue weighted by atomic mass is 10.3. The van der Waals surface area contributed by atoms with Crippen molar-refractivity contribution < 1.29 is 19.0 Å². The van der Waals surface area contributed by atoms with Crippen LogP contribution in [0.4, 0.5) is 0 Å². The first-order chi connectivity index (χ1) is 8.26. The van der Waals surface area contributed by atoms with Gasteiger partial charge in [-0.15, -0.1) is 0 Å². The van der Waals surface area contributed by atoms with Gasteiger partial charge in [0.1, 0.15) is 11.5 Å². The summed E-state index contributed by atoms with van der Waals surface area (Å²) in [7, 11) is 1.61. The molecule has 4 heteroatoms. The van der Waals surface area contributed by atoms with E-state index in [0.29, 0.717) is 19.6 Å². The lowest BCUT2D eigenvalue weighted by Gasteiger charge is -2.07. The second-order valence-corrected chi connectivity index (χ2v) is 3.25. The fourth-order valence-corrected chi connectivity index (χ4v) is 1.15. The summed E-state index contributed by atoms with van der Waals surface area (Å²) in [4.78, 5) is 10.7. The minimum absolute atomic E-state index is 0.334. The molecular weight excluding hydrogens is 220 g/mol. The molecule has 0 radical (unpaired) electrons. The van der Waals surface area contributed by atoms with Crippen molar-refractivity contribution in [3.8, 4) is 11.5 Å². The minimum Gasteiger partial charge on any atom is -0.497 e. The van der Waals surface area contributed by atoms with Crippen LogP contribution >= 0.6 is 0 Å². The maximum absolute atomic E-state index is 10.7. The highest BCUT2D eigenvalue weighted by atomic mass is 16.5. The number of benzene rings is 1. The Hall–Kier alpha value is -1.97.